The average molecular weight is 96.2 g/mol. The average Bonchev–Trinajstić information content (AvgIpc) is 1.69. The zero-order valence-electron chi connectivity index (χ0n) is 4.62. The van der Waals surface area contributed by atoms with Crippen molar-refractivity contribution in [1.82, 2.24) is 5.32 Å². The third kappa shape index (κ3) is 1.32. The predicted octanol–water partition coefficient (Wildman–Crippen LogP) is 0.729. The van der Waals surface area contributed by atoms with Crippen LogP contribution in [0.1, 0.15) is 13.3 Å². The van der Waals surface area contributed by atoms with Crippen molar-refractivity contribution >= 4 is 0 Å². The van der Waals surface area contributed by atoms with Crippen molar-refractivity contribution in [3.05, 3.63) is 11.6 Å². The van der Waals surface area contributed by atoms with Gasteiger partial charge in [0, 0.05) is 6.54 Å². The Bertz CT molecular complexity index is 84.2. The number of hydrogen-bond acceptors (Lipinski definition) is 1. The Morgan fingerprint density at radius 1 is 1.71 bits per heavy atom. The Kier molecular flexibility index (Phi) is 1.47. The van der Waals surface area contributed by atoms with Crippen LogP contribution in [0.4, 0.5) is 0 Å². The van der Waals surface area contributed by atoms with Crippen molar-refractivity contribution in [1.29, 1.82) is 0 Å². The summed E-state index contributed by atoms with van der Waals surface area (Å²) in [5.41, 5.74) is 1.35. The smallest absolute Gasteiger partial charge is 0.0167 e. The molecule has 0 atom stereocenters. The second-order valence-electron chi connectivity index (χ2n) is 1.88. The molecule has 0 aromatic heterocycles. The Morgan fingerprint density at radius 2 is 2.57 bits per heavy atom. The summed E-state index contributed by atoms with van der Waals surface area (Å²) in [6, 6.07) is 0. The Hall–Kier alpha value is -0.300. The summed E-state index contributed by atoms with van der Waals surface area (Å²) >= 11 is 0. The van der Waals surface area contributed by atoms with Gasteiger partial charge in [-0.15, -0.1) is 0 Å². The molecule has 39 valence electrons. The second kappa shape index (κ2) is 2.12. The molecule has 0 spiro atoms. The maximum atomic E-state index is 3.24. The standard InChI is InChI=1S/C6H10N/c1-6-3-2-4-7-5-6/h7H,2,4-5H2,1H3. The lowest BCUT2D eigenvalue weighted by Crippen LogP contribution is -2.21. The summed E-state index contributed by atoms with van der Waals surface area (Å²) in [5.74, 6) is 0. The van der Waals surface area contributed by atoms with Gasteiger partial charge in [-0.3, -0.25) is 0 Å². The molecule has 7 heavy (non-hydrogen) atoms. The third-order valence-corrected chi connectivity index (χ3v) is 1.12. The zero-order valence-corrected chi connectivity index (χ0v) is 4.62. The van der Waals surface area contributed by atoms with E-state index in [1.807, 2.05) is 0 Å². The molecular weight excluding hydrogens is 86.1 g/mol. The molecule has 1 aliphatic rings. The molecule has 1 N–H and O–H groups in total. The molecule has 0 aliphatic carbocycles. The fraction of sp³-hybridized carbons (Fsp3) is 0.667. The Labute approximate surface area is 44.4 Å². The van der Waals surface area contributed by atoms with Gasteiger partial charge in [-0.2, -0.15) is 0 Å². The first-order chi connectivity index (χ1) is 3.39. The third-order valence-electron chi connectivity index (χ3n) is 1.12. The molecule has 0 bridgehead atoms. The highest BCUT2D eigenvalue weighted by Crippen LogP contribution is 1.95. The van der Waals surface area contributed by atoms with E-state index in [0.29, 0.717) is 0 Å². The highest BCUT2D eigenvalue weighted by Gasteiger charge is 1.94. The topological polar surface area (TPSA) is 12.0 Å². The minimum absolute atomic E-state index is 1.04. The highest BCUT2D eigenvalue weighted by atomic mass is 14.9. The summed E-state index contributed by atoms with van der Waals surface area (Å²) in [7, 11) is 0. The van der Waals surface area contributed by atoms with Crippen LogP contribution in [0.2, 0.25) is 0 Å². The van der Waals surface area contributed by atoms with E-state index in [9.17, 15) is 0 Å². The minimum Gasteiger partial charge on any atom is -0.313 e. The van der Waals surface area contributed by atoms with Gasteiger partial charge in [0.15, 0.2) is 0 Å². The zero-order chi connectivity index (χ0) is 5.11. The predicted molar refractivity (Wildman–Crippen MR) is 29.9 cm³/mol. The molecule has 1 aliphatic heterocycles. The normalized spacial score (nSPS) is 21.6. The summed E-state index contributed by atoms with van der Waals surface area (Å²) in [5, 5.41) is 3.23. The van der Waals surface area contributed by atoms with Crippen LogP contribution in [-0.2, 0) is 0 Å². The van der Waals surface area contributed by atoms with Crippen molar-refractivity contribution in [3.63, 3.8) is 0 Å². The molecule has 0 amide bonds. The number of nitrogens with one attached hydrogen (secondary N) is 1. The summed E-state index contributed by atoms with van der Waals surface area (Å²) in [4.78, 5) is 0. The van der Waals surface area contributed by atoms with Gasteiger partial charge >= 0.3 is 0 Å². The van der Waals surface area contributed by atoms with Gasteiger partial charge in [-0.25, -0.2) is 0 Å². The second-order valence-corrected chi connectivity index (χ2v) is 1.88. The van der Waals surface area contributed by atoms with Crippen LogP contribution < -0.4 is 5.32 Å². The van der Waals surface area contributed by atoms with Gasteiger partial charge < -0.3 is 5.32 Å². The first kappa shape index (κ1) is 4.85. The first-order valence-corrected chi connectivity index (χ1v) is 2.66. The molecule has 0 saturated carbocycles. The summed E-state index contributed by atoms with van der Waals surface area (Å²) < 4.78 is 0. The molecule has 1 nitrogen and oxygen atoms in total. The van der Waals surface area contributed by atoms with Crippen LogP contribution in [0.25, 0.3) is 0 Å². The van der Waals surface area contributed by atoms with Crippen LogP contribution in [-0.4, -0.2) is 13.1 Å². The molecular formula is C6H10N. The van der Waals surface area contributed by atoms with Crippen LogP contribution in [0.5, 0.6) is 0 Å². The largest absolute Gasteiger partial charge is 0.313 e. The molecule has 0 saturated heterocycles. The quantitative estimate of drug-likeness (QED) is 0.468. The van der Waals surface area contributed by atoms with Gasteiger partial charge in [0.2, 0.25) is 0 Å². The van der Waals surface area contributed by atoms with Crippen LogP contribution in [0, 0.1) is 6.08 Å². The molecule has 0 aromatic rings. The Morgan fingerprint density at radius 3 is 2.86 bits per heavy atom. The van der Waals surface area contributed by atoms with E-state index < -0.39 is 0 Å². The van der Waals surface area contributed by atoms with Crippen molar-refractivity contribution < 1.29 is 0 Å². The van der Waals surface area contributed by atoms with Gasteiger partial charge in [0.05, 0.1) is 0 Å². The maximum Gasteiger partial charge on any atom is 0.0167 e. The highest BCUT2D eigenvalue weighted by molar-refractivity contribution is 4.97. The van der Waals surface area contributed by atoms with Gasteiger partial charge in [-0.05, 0) is 26.0 Å². The van der Waals surface area contributed by atoms with Gasteiger partial charge in [0.25, 0.3) is 0 Å². The van der Waals surface area contributed by atoms with E-state index in [2.05, 4.69) is 18.3 Å². The van der Waals surface area contributed by atoms with E-state index in [4.69, 9.17) is 0 Å². The lowest BCUT2D eigenvalue weighted by atomic mass is 10.2. The van der Waals surface area contributed by atoms with E-state index >= 15 is 0 Å². The molecule has 0 fully saturated rings. The monoisotopic (exact) mass is 96.1 g/mol. The maximum absolute atomic E-state index is 3.24. The molecule has 0 aromatic carbocycles. The minimum atomic E-state index is 1.04. The van der Waals surface area contributed by atoms with E-state index in [-0.39, 0.29) is 0 Å². The SMILES string of the molecule is CC1=[C]CCNC1. The van der Waals surface area contributed by atoms with Gasteiger partial charge in [-0.1, -0.05) is 5.57 Å². The number of rotatable bonds is 0. The molecule has 0 unspecified atom stereocenters. The van der Waals surface area contributed by atoms with E-state index in [1.54, 1.807) is 0 Å². The summed E-state index contributed by atoms with van der Waals surface area (Å²) in [6.45, 7) is 4.25. The Balaban J connectivity index is 2.40. The fourth-order valence-electron chi connectivity index (χ4n) is 0.703. The van der Waals surface area contributed by atoms with Crippen LogP contribution in [0.3, 0.4) is 0 Å². The lowest BCUT2D eigenvalue weighted by molar-refractivity contribution is 0.691. The molecule has 1 radical (unpaired) electrons. The van der Waals surface area contributed by atoms with Crippen molar-refractivity contribution in [3.8, 4) is 0 Å². The lowest BCUT2D eigenvalue weighted by Gasteiger charge is -2.07. The van der Waals surface area contributed by atoms with E-state index in [1.165, 1.54) is 5.57 Å². The molecule has 1 heterocycles. The van der Waals surface area contributed by atoms with Crippen molar-refractivity contribution in [2.24, 2.45) is 0 Å². The number of hydrogen-bond donors (Lipinski definition) is 1. The van der Waals surface area contributed by atoms with Gasteiger partial charge in [0.1, 0.15) is 0 Å². The molecule has 1 heteroatoms. The first-order valence-electron chi connectivity index (χ1n) is 2.66. The van der Waals surface area contributed by atoms with Crippen LogP contribution in [0.15, 0.2) is 5.57 Å². The van der Waals surface area contributed by atoms with Crippen molar-refractivity contribution in [2.45, 2.75) is 13.3 Å². The van der Waals surface area contributed by atoms with E-state index in [0.717, 1.165) is 19.5 Å². The molecule has 1 rings (SSSR count). The fourth-order valence-corrected chi connectivity index (χ4v) is 0.703. The van der Waals surface area contributed by atoms with Crippen molar-refractivity contribution in [2.75, 3.05) is 13.1 Å². The van der Waals surface area contributed by atoms with Crippen LogP contribution >= 0.6 is 0 Å². The summed E-state index contributed by atoms with van der Waals surface area (Å²) in [6.07, 6.45) is 4.33.